The lowest BCUT2D eigenvalue weighted by atomic mass is 9.75. The number of hydrogen-bond donors (Lipinski definition) is 2. The minimum atomic E-state index is 0.535. The monoisotopic (exact) mass is 280 g/mol. The molecule has 0 saturated carbocycles. The van der Waals surface area contributed by atoms with Gasteiger partial charge < -0.3 is 11.1 Å². The average molecular weight is 280 g/mol. The molecule has 1 aliphatic carbocycles. The molecule has 3 rings (SSSR count). The lowest BCUT2D eigenvalue weighted by molar-refractivity contribution is 0.409. The number of likely N-dealkylation sites (N-methyl/N-ethyl adjacent to an activating group) is 1. The molecule has 0 radical (unpaired) electrons. The van der Waals surface area contributed by atoms with E-state index in [1.165, 1.54) is 28.7 Å². The van der Waals surface area contributed by atoms with E-state index in [4.69, 9.17) is 5.73 Å². The summed E-state index contributed by atoms with van der Waals surface area (Å²) in [6, 6.07) is 18.1. The smallest absolute Gasteiger partial charge is 0.0178 e. The summed E-state index contributed by atoms with van der Waals surface area (Å²) in [5, 5.41) is 3.52. The number of rotatable bonds is 4. The Morgan fingerprint density at radius 1 is 1.10 bits per heavy atom. The first kappa shape index (κ1) is 14.3. The van der Waals surface area contributed by atoms with Crippen LogP contribution in [0.4, 0.5) is 0 Å². The van der Waals surface area contributed by atoms with Gasteiger partial charge in [-0.25, -0.2) is 0 Å². The fraction of sp³-hybridized carbons (Fsp3) is 0.368. The quantitative estimate of drug-likeness (QED) is 0.903. The molecule has 110 valence electrons. The van der Waals surface area contributed by atoms with Gasteiger partial charge in [-0.3, -0.25) is 0 Å². The minimum Gasteiger partial charge on any atom is -0.326 e. The van der Waals surface area contributed by atoms with Crippen molar-refractivity contribution in [1.82, 2.24) is 5.32 Å². The highest BCUT2D eigenvalue weighted by atomic mass is 14.9. The molecule has 1 aliphatic rings. The molecule has 2 nitrogen and oxygen atoms in total. The molecule has 2 aromatic carbocycles. The SMILES string of the molecule is CNC1CCc2ccc(CN)cc2C1Cc1ccccc1. The Morgan fingerprint density at radius 3 is 2.62 bits per heavy atom. The number of aryl methyl sites for hydroxylation is 1. The maximum absolute atomic E-state index is 5.83. The molecule has 0 spiro atoms. The third-order valence-corrected chi connectivity index (χ3v) is 4.73. The molecular weight excluding hydrogens is 256 g/mol. The fourth-order valence-corrected chi connectivity index (χ4v) is 3.54. The van der Waals surface area contributed by atoms with Gasteiger partial charge in [0.2, 0.25) is 0 Å². The van der Waals surface area contributed by atoms with Gasteiger partial charge in [-0.05, 0) is 48.6 Å². The number of nitrogens with two attached hydrogens (primary N) is 1. The summed E-state index contributed by atoms with van der Waals surface area (Å²) < 4.78 is 0. The van der Waals surface area contributed by atoms with Crippen molar-refractivity contribution in [3.63, 3.8) is 0 Å². The Balaban J connectivity index is 1.96. The van der Waals surface area contributed by atoms with Crippen LogP contribution in [0.25, 0.3) is 0 Å². The standard InChI is InChI=1S/C19H24N2/c1-21-19-10-9-16-8-7-15(13-20)12-17(16)18(19)11-14-5-3-2-4-6-14/h2-8,12,18-19,21H,9-11,13,20H2,1H3. The van der Waals surface area contributed by atoms with Crippen LogP contribution in [0.15, 0.2) is 48.5 Å². The normalized spacial score (nSPS) is 21.0. The molecule has 2 unspecified atom stereocenters. The Morgan fingerprint density at radius 2 is 1.90 bits per heavy atom. The van der Waals surface area contributed by atoms with Gasteiger partial charge in [0.1, 0.15) is 0 Å². The third kappa shape index (κ3) is 3.02. The van der Waals surface area contributed by atoms with E-state index in [2.05, 4.69) is 60.9 Å². The van der Waals surface area contributed by atoms with Gasteiger partial charge >= 0.3 is 0 Å². The van der Waals surface area contributed by atoms with Gasteiger partial charge in [0.05, 0.1) is 0 Å². The number of hydrogen-bond acceptors (Lipinski definition) is 2. The predicted octanol–water partition coefficient (Wildman–Crippen LogP) is 3.01. The summed E-state index contributed by atoms with van der Waals surface area (Å²) in [5.74, 6) is 0.535. The largest absolute Gasteiger partial charge is 0.326 e. The van der Waals surface area contributed by atoms with E-state index in [1.807, 2.05) is 0 Å². The third-order valence-electron chi connectivity index (χ3n) is 4.73. The van der Waals surface area contributed by atoms with Crippen LogP contribution in [0.3, 0.4) is 0 Å². The summed E-state index contributed by atoms with van der Waals surface area (Å²) in [7, 11) is 2.08. The van der Waals surface area contributed by atoms with Crippen LogP contribution < -0.4 is 11.1 Å². The second-order valence-corrected chi connectivity index (χ2v) is 5.97. The molecule has 2 atom stereocenters. The summed E-state index contributed by atoms with van der Waals surface area (Å²) in [5.41, 5.74) is 11.5. The highest BCUT2D eigenvalue weighted by Crippen LogP contribution is 2.35. The highest BCUT2D eigenvalue weighted by molar-refractivity contribution is 5.39. The van der Waals surface area contributed by atoms with Crippen molar-refractivity contribution in [2.75, 3.05) is 7.05 Å². The second kappa shape index (κ2) is 6.42. The molecule has 2 heteroatoms. The average Bonchev–Trinajstić information content (AvgIpc) is 2.55. The maximum atomic E-state index is 5.83. The van der Waals surface area contributed by atoms with Crippen LogP contribution in [-0.2, 0) is 19.4 Å². The maximum Gasteiger partial charge on any atom is 0.0178 e. The first-order valence-corrected chi connectivity index (χ1v) is 7.84. The molecule has 2 aromatic rings. The van der Waals surface area contributed by atoms with Gasteiger partial charge in [-0.1, -0.05) is 48.5 Å². The summed E-state index contributed by atoms with van der Waals surface area (Å²) >= 11 is 0. The molecule has 0 amide bonds. The van der Waals surface area contributed by atoms with E-state index in [-0.39, 0.29) is 0 Å². The van der Waals surface area contributed by atoms with Gasteiger partial charge in [0.15, 0.2) is 0 Å². The zero-order valence-corrected chi connectivity index (χ0v) is 12.7. The Kier molecular flexibility index (Phi) is 4.37. The highest BCUT2D eigenvalue weighted by Gasteiger charge is 2.28. The second-order valence-electron chi connectivity index (χ2n) is 5.97. The fourth-order valence-electron chi connectivity index (χ4n) is 3.54. The van der Waals surface area contributed by atoms with Crippen molar-refractivity contribution in [3.05, 3.63) is 70.8 Å². The van der Waals surface area contributed by atoms with Gasteiger partial charge in [0.25, 0.3) is 0 Å². The number of benzene rings is 2. The van der Waals surface area contributed by atoms with Crippen LogP contribution in [-0.4, -0.2) is 13.1 Å². The van der Waals surface area contributed by atoms with Crippen molar-refractivity contribution >= 4 is 0 Å². The molecule has 3 N–H and O–H groups in total. The van der Waals surface area contributed by atoms with Crippen molar-refractivity contribution < 1.29 is 0 Å². The molecule has 0 aromatic heterocycles. The zero-order valence-electron chi connectivity index (χ0n) is 12.7. The number of nitrogens with one attached hydrogen (secondary N) is 1. The summed E-state index contributed by atoms with van der Waals surface area (Å²) in [6.07, 6.45) is 3.47. The van der Waals surface area contributed by atoms with Crippen LogP contribution in [0.1, 0.15) is 34.6 Å². The van der Waals surface area contributed by atoms with E-state index in [0.717, 1.165) is 12.8 Å². The van der Waals surface area contributed by atoms with E-state index in [1.54, 1.807) is 0 Å². The number of fused-ring (bicyclic) bond motifs is 1. The van der Waals surface area contributed by atoms with Crippen LogP contribution >= 0.6 is 0 Å². The van der Waals surface area contributed by atoms with E-state index < -0.39 is 0 Å². The molecule has 0 fully saturated rings. The Bertz CT molecular complexity index is 592. The zero-order chi connectivity index (χ0) is 14.7. The van der Waals surface area contributed by atoms with Crippen molar-refractivity contribution in [3.8, 4) is 0 Å². The van der Waals surface area contributed by atoms with Crippen LogP contribution in [0.2, 0.25) is 0 Å². The van der Waals surface area contributed by atoms with Crippen molar-refractivity contribution in [1.29, 1.82) is 0 Å². The summed E-state index contributed by atoms with van der Waals surface area (Å²) in [6.45, 7) is 0.621. The molecule has 0 heterocycles. The van der Waals surface area contributed by atoms with Gasteiger partial charge in [-0.2, -0.15) is 0 Å². The van der Waals surface area contributed by atoms with Gasteiger partial charge in [0, 0.05) is 18.5 Å². The molecule has 0 aliphatic heterocycles. The Labute approximate surface area is 127 Å². The van der Waals surface area contributed by atoms with Crippen molar-refractivity contribution in [2.45, 2.75) is 37.8 Å². The molecule has 0 bridgehead atoms. The van der Waals surface area contributed by atoms with Gasteiger partial charge in [-0.15, -0.1) is 0 Å². The lowest BCUT2D eigenvalue weighted by Gasteiger charge is -2.34. The first-order chi connectivity index (χ1) is 10.3. The van der Waals surface area contributed by atoms with E-state index in [0.29, 0.717) is 18.5 Å². The summed E-state index contributed by atoms with van der Waals surface area (Å²) in [4.78, 5) is 0. The van der Waals surface area contributed by atoms with E-state index in [9.17, 15) is 0 Å². The topological polar surface area (TPSA) is 38.0 Å². The first-order valence-electron chi connectivity index (χ1n) is 7.84. The molecule has 0 saturated heterocycles. The van der Waals surface area contributed by atoms with E-state index >= 15 is 0 Å². The minimum absolute atomic E-state index is 0.535. The van der Waals surface area contributed by atoms with Crippen LogP contribution in [0, 0.1) is 0 Å². The Hall–Kier alpha value is -1.64. The van der Waals surface area contributed by atoms with Crippen LogP contribution in [0.5, 0.6) is 0 Å². The molecule has 21 heavy (non-hydrogen) atoms. The predicted molar refractivity (Wildman–Crippen MR) is 88.4 cm³/mol. The molecular formula is C19H24N2. The van der Waals surface area contributed by atoms with Crippen molar-refractivity contribution in [2.24, 2.45) is 5.73 Å². The lowest BCUT2D eigenvalue weighted by Crippen LogP contribution is -2.37.